The first-order valence-electron chi connectivity index (χ1n) is 16.6. The molecule has 1 heterocycles. The summed E-state index contributed by atoms with van der Waals surface area (Å²) in [5, 5.41) is 25.5. The predicted molar refractivity (Wildman–Crippen MR) is 159 cm³/mol. The quantitative estimate of drug-likeness (QED) is 0.272. The normalized spacial score (nSPS) is 34.8. The summed E-state index contributed by atoms with van der Waals surface area (Å²) in [6.07, 6.45) is 15.6. The Morgan fingerprint density at radius 2 is 1.62 bits per heavy atom. The zero-order chi connectivity index (χ0) is 28.5. The lowest BCUT2D eigenvalue weighted by Crippen LogP contribution is -2.49. The number of nitrogens with zero attached hydrogens (tertiary/aromatic N) is 2. The van der Waals surface area contributed by atoms with E-state index >= 15 is 0 Å². The number of hydroxylamine groups is 2. The highest BCUT2D eigenvalue weighted by Gasteiger charge is 2.49. The Bertz CT molecular complexity index is 819. The second kappa shape index (κ2) is 15.9. The smallest absolute Gasteiger partial charge is 0.240 e. The first-order chi connectivity index (χ1) is 19.4. The molecule has 0 spiro atoms. The van der Waals surface area contributed by atoms with Crippen LogP contribution in [0.5, 0.6) is 0 Å². The molecule has 0 aromatic heterocycles. The summed E-state index contributed by atoms with van der Waals surface area (Å²) in [7, 11) is 2.20. The Morgan fingerprint density at radius 1 is 1.00 bits per heavy atom. The molecule has 4 fully saturated rings. The van der Waals surface area contributed by atoms with E-state index in [0.29, 0.717) is 36.9 Å². The van der Waals surface area contributed by atoms with E-state index in [9.17, 15) is 15.0 Å². The van der Waals surface area contributed by atoms with Crippen LogP contribution < -0.4 is 5.32 Å². The molecule has 3 saturated carbocycles. The van der Waals surface area contributed by atoms with Crippen LogP contribution in [-0.2, 0) is 9.63 Å². The monoisotopic (exact) mass is 559 g/mol. The van der Waals surface area contributed by atoms with Gasteiger partial charge >= 0.3 is 0 Å². The third kappa shape index (κ3) is 8.91. The van der Waals surface area contributed by atoms with Crippen LogP contribution in [0.4, 0.5) is 0 Å². The number of aliphatic hydroxyl groups excluding tert-OH is 2. The summed E-state index contributed by atoms with van der Waals surface area (Å²) in [4.78, 5) is 22.1. The molecule has 0 bridgehead atoms. The minimum absolute atomic E-state index is 0.0936. The van der Waals surface area contributed by atoms with Crippen molar-refractivity contribution in [1.82, 2.24) is 15.3 Å². The molecule has 4 atom stereocenters. The van der Waals surface area contributed by atoms with Crippen molar-refractivity contribution in [3.8, 4) is 11.8 Å². The van der Waals surface area contributed by atoms with Gasteiger partial charge in [-0.15, -0.1) is 0 Å². The van der Waals surface area contributed by atoms with Crippen LogP contribution in [0, 0.1) is 41.4 Å². The van der Waals surface area contributed by atoms with Crippen LogP contribution in [0.3, 0.4) is 0 Å². The van der Waals surface area contributed by atoms with E-state index in [2.05, 4.69) is 36.0 Å². The van der Waals surface area contributed by atoms with Gasteiger partial charge in [-0.05, 0) is 103 Å². The Kier molecular flexibility index (Phi) is 12.6. The number of hydrogen-bond acceptors (Lipinski definition) is 6. The number of rotatable bonds is 10. The fourth-order valence-corrected chi connectivity index (χ4v) is 7.56. The fraction of sp³-hybridized carbons (Fsp3) is 0.909. The van der Waals surface area contributed by atoms with Crippen molar-refractivity contribution in [1.29, 1.82) is 0 Å². The minimum Gasteiger partial charge on any atom is -0.396 e. The van der Waals surface area contributed by atoms with Crippen molar-refractivity contribution >= 4 is 5.91 Å². The van der Waals surface area contributed by atoms with Crippen molar-refractivity contribution in [2.45, 2.75) is 128 Å². The van der Waals surface area contributed by atoms with Gasteiger partial charge in [0.25, 0.3) is 0 Å². The maximum atomic E-state index is 13.4. The molecule has 3 aliphatic carbocycles. The predicted octanol–water partition coefficient (Wildman–Crippen LogP) is 4.37. The van der Waals surface area contributed by atoms with E-state index in [0.717, 1.165) is 44.6 Å². The molecule has 7 heteroatoms. The molecule has 3 N–H and O–H groups in total. The van der Waals surface area contributed by atoms with Crippen molar-refractivity contribution in [3.05, 3.63) is 0 Å². The van der Waals surface area contributed by atoms with Crippen LogP contribution in [-0.4, -0.2) is 83.7 Å². The van der Waals surface area contributed by atoms with Gasteiger partial charge in [0.2, 0.25) is 5.91 Å². The van der Waals surface area contributed by atoms with Gasteiger partial charge in [0, 0.05) is 36.9 Å². The van der Waals surface area contributed by atoms with Gasteiger partial charge in [-0.1, -0.05) is 38.0 Å². The largest absolute Gasteiger partial charge is 0.396 e. The lowest BCUT2D eigenvalue weighted by Gasteiger charge is -2.32. The Morgan fingerprint density at radius 3 is 2.23 bits per heavy atom. The maximum absolute atomic E-state index is 13.4. The molecule has 0 aromatic carbocycles. The Balaban J connectivity index is 1.26. The summed E-state index contributed by atoms with van der Waals surface area (Å²) < 4.78 is 0. The van der Waals surface area contributed by atoms with Crippen LogP contribution >= 0.6 is 0 Å². The van der Waals surface area contributed by atoms with E-state index in [4.69, 9.17) is 4.84 Å². The third-order valence-electron chi connectivity index (χ3n) is 10.3. The highest BCUT2D eigenvalue weighted by molar-refractivity contribution is 5.82. The van der Waals surface area contributed by atoms with Crippen molar-refractivity contribution < 1.29 is 19.8 Å². The fourth-order valence-electron chi connectivity index (χ4n) is 7.56. The molecule has 228 valence electrons. The highest BCUT2D eigenvalue weighted by atomic mass is 16.7. The summed E-state index contributed by atoms with van der Waals surface area (Å²) in [5.74, 6) is 9.05. The molecule has 4 aliphatic rings. The van der Waals surface area contributed by atoms with Crippen LogP contribution in [0.1, 0.15) is 104 Å². The molecular weight excluding hydrogens is 502 g/mol. The second-order valence-corrected chi connectivity index (χ2v) is 13.6. The number of amides is 1. The van der Waals surface area contributed by atoms with Crippen molar-refractivity contribution in [2.75, 3.05) is 33.3 Å². The Labute approximate surface area is 243 Å². The number of aliphatic hydroxyl groups is 2. The number of nitrogens with one attached hydrogen (secondary N) is 1. The van der Waals surface area contributed by atoms with Gasteiger partial charge in [0.1, 0.15) is 12.1 Å². The molecule has 1 saturated heterocycles. The van der Waals surface area contributed by atoms with Gasteiger partial charge in [-0.2, -0.15) is 5.06 Å². The highest BCUT2D eigenvalue weighted by Crippen LogP contribution is 2.35. The van der Waals surface area contributed by atoms with E-state index in [1.54, 1.807) is 12.0 Å². The third-order valence-corrected chi connectivity index (χ3v) is 10.3. The molecule has 0 aromatic rings. The lowest BCUT2D eigenvalue weighted by atomic mass is 9.80. The molecular formula is C33H57N3O4. The summed E-state index contributed by atoms with van der Waals surface area (Å²) in [6, 6.07) is 0.0952. The van der Waals surface area contributed by atoms with Crippen LogP contribution in [0.2, 0.25) is 0 Å². The zero-order valence-electron chi connectivity index (χ0n) is 25.5. The molecule has 7 nitrogen and oxygen atoms in total. The molecule has 0 radical (unpaired) electrons. The summed E-state index contributed by atoms with van der Waals surface area (Å²) in [6.45, 7) is 6.10. The molecule has 40 heavy (non-hydrogen) atoms. The zero-order valence-corrected chi connectivity index (χ0v) is 25.5. The minimum atomic E-state index is -0.754. The summed E-state index contributed by atoms with van der Waals surface area (Å²) in [5.41, 5.74) is 0. The SMILES string of the molecule is CC1CCC(C#CC2CCC(CN3O[C@H]([C@@H](C)O)[C@H](CO)[C@@H]3C(=O)NCCCN(C)C3CCCCC3)CC2)CC1. The second-order valence-electron chi connectivity index (χ2n) is 13.6. The van der Waals surface area contributed by atoms with E-state index in [-0.39, 0.29) is 12.5 Å². The van der Waals surface area contributed by atoms with E-state index in [1.807, 2.05) is 0 Å². The summed E-state index contributed by atoms with van der Waals surface area (Å²) >= 11 is 0. The van der Waals surface area contributed by atoms with E-state index < -0.39 is 24.2 Å². The number of carbonyl (C=O) groups excluding carboxylic acids is 1. The van der Waals surface area contributed by atoms with Crippen molar-refractivity contribution in [3.63, 3.8) is 0 Å². The first-order valence-corrected chi connectivity index (χ1v) is 16.6. The lowest BCUT2D eigenvalue weighted by molar-refractivity contribution is -0.193. The molecule has 1 amide bonds. The Hall–Kier alpha value is -1.17. The standard InChI is InChI=1S/C33H57N3O4/c1-24-10-12-26(13-11-24)14-15-27-16-18-28(19-17-27)22-36-31(30(23-37)32(40-36)25(2)38)33(39)34-20-7-21-35(3)29-8-5-4-6-9-29/h24-32,37-38H,4-13,16-23H2,1-3H3,(H,34,39)/t24?,25-,26?,27?,28?,30-,31-,32-/m1/s1. The molecule has 0 unspecified atom stereocenters. The number of carbonyl (C=O) groups is 1. The molecule has 4 rings (SSSR count). The van der Waals surface area contributed by atoms with Crippen molar-refractivity contribution in [2.24, 2.45) is 29.6 Å². The maximum Gasteiger partial charge on any atom is 0.240 e. The van der Waals surface area contributed by atoms with Crippen LogP contribution in [0.25, 0.3) is 0 Å². The van der Waals surface area contributed by atoms with E-state index in [1.165, 1.54) is 57.8 Å². The van der Waals surface area contributed by atoms with Gasteiger partial charge in [0.05, 0.1) is 12.7 Å². The van der Waals surface area contributed by atoms with Gasteiger partial charge in [0.15, 0.2) is 0 Å². The van der Waals surface area contributed by atoms with Crippen LogP contribution in [0.15, 0.2) is 0 Å². The average Bonchev–Trinajstić information content (AvgIpc) is 3.34. The van der Waals surface area contributed by atoms with Gasteiger partial charge < -0.3 is 20.4 Å². The molecule has 1 aliphatic heterocycles. The number of hydrogen-bond donors (Lipinski definition) is 3. The van der Waals surface area contributed by atoms with Gasteiger partial charge in [-0.3, -0.25) is 9.63 Å². The topological polar surface area (TPSA) is 85.3 Å². The average molecular weight is 560 g/mol. The first kappa shape index (κ1) is 31.8. The van der Waals surface area contributed by atoms with Gasteiger partial charge in [-0.25, -0.2) is 0 Å².